The smallest absolute Gasteiger partial charge is 0.416 e. The zero-order valence-electron chi connectivity index (χ0n) is 20.5. The predicted molar refractivity (Wildman–Crippen MR) is 135 cm³/mol. The number of aryl methyl sites for hydroxylation is 1. The number of amides is 1. The molecular weight excluding hydrogens is 497 g/mol. The van der Waals surface area contributed by atoms with E-state index in [2.05, 4.69) is 15.4 Å². The molecule has 3 heterocycles. The number of anilines is 1. The van der Waals surface area contributed by atoms with Crippen LogP contribution in [0.1, 0.15) is 27.9 Å². The molecule has 2 aromatic heterocycles. The average molecular weight is 523 g/mol. The number of hydrogen-bond acceptors (Lipinski definition) is 5. The molecule has 38 heavy (non-hydrogen) atoms. The quantitative estimate of drug-likeness (QED) is 0.326. The molecule has 0 saturated carbocycles. The van der Waals surface area contributed by atoms with E-state index in [9.17, 15) is 18.0 Å². The first-order chi connectivity index (χ1) is 18.3. The van der Waals surface area contributed by atoms with E-state index in [1.165, 1.54) is 12.1 Å². The van der Waals surface area contributed by atoms with Crippen molar-refractivity contribution in [2.75, 3.05) is 25.1 Å². The van der Waals surface area contributed by atoms with Crippen LogP contribution in [-0.4, -0.2) is 40.5 Å². The topological polar surface area (TPSA) is 78.3 Å². The van der Waals surface area contributed by atoms with Crippen LogP contribution < -0.4 is 10.1 Å². The van der Waals surface area contributed by atoms with Crippen LogP contribution in [0.4, 0.5) is 18.9 Å². The number of aromatic nitrogens is 3. The van der Waals surface area contributed by atoms with Gasteiger partial charge in [-0.25, -0.2) is 4.68 Å². The third-order valence-electron chi connectivity index (χ3n) is 6.34. The fourth-order valence-electron chi connectivity index (χ4n) is 4.21. The third kappa shape index (κ3) is 5.70. The summed E-state index contributed by atoms with van der Waals surface area (Å²) in [7, 11) is 0. The molecule has 1 saturated heterocycles. The van der Waals surface area contributed by atoms with E-state index in [0.717, 1.165) is 41.9 Å². The molecule has 7 nitrogen and oxygen atoms in total. The van der Waals surface area contributed by atoms with Crippen molar-refractivity contribution in [3.63, 3.8) is 0 Å². The molecule has 196 valence electrons. The second kappa shape index (κ2) is 10.7. The number of nitrogens with zero attached hydrogens (tertiary/aromatic N) is 3. The molecule has 1 unspecified atom stereocenters. The maximum Gasteiger partial charge on any atom is 0.416 e. The Bertz CT molecular complexity index is 1450. The Morgan fingerprint density at radius 1 is 1.18 bits per heavy atom. The van der Waals surface area contributed by atoms with Crippen LogP contribution >= 0.6 is 0 Å². The number of ether oxygens (including phenoxy) is 2. The highest BCUT2D eigenvalue weighted by atomic mass is 19.4. The molecule has 1 aliphatic heterocycles. The Hall–Kier alpha value is -4.18. The van der Waals surface area contributed by atoms with Crippen LogP contribution in [0, 0.1) is 12.8 Å². The molecule has 0 spiro atoms. The summed E-state index contributed by atoms with van der Waals surface area (Å²) >= 11 is 0. The molecule has 1 atom stereocenters. The molecule has 5 rings (SSSR count). The van der Waals surface area contributed by atoms with Crippen LogP contribution in [0.15, 0.2) is 73.3 Å². The number of alkyl halides is 3. The first-order valence-electron chi connectivity index (χ1n) is 12.1. The molecule has 1 fully saturated rings. The Balaban J connectivity index is 1.35. The summed E-state index contributed by atoms with van der Waals surface area (Å²) in [6, 6.07) is 11.3. The van der Waals surface area contributed by atoms with Crippen molar-refractivity contribution in [3.8, 4) is 22.6 Å². The molecule has 1 amide bonds. The van der Waals surface area contributed by atoms with Crippen molar-refractivity contribution in [1.82, 2.24) is 14.8 Å². The molecule has 4 aromatic rings. The lowest BCUT2D eigenvalue weighted by molar-refractivity contribution is -0.137. The van der Waals surface area contributed by atoms with Crippen molar-refractivity contribution in [1.29, 1.82) is 0 Å². The van der Waals surface area contributed by atoms with E-state index >= 15 is 0 Å². The molecule has 10 heteroatoms. The van der Waals surface area contributed by atoms with Gasteiger partial charge in [0.25, 0.3) is 5.91 Å². The second-order valence-electron chi connectivity index (χ2n) is 9.12. The maximum atomic E-state index is 13.0. The second-order valence-corrected chi connectivity index (χ2v) is 9.12. The summed E-state index contributed by atoms with van der Waals surface area (Å²) in [5.41, 5.74) is 2.64. The van der Waals surface area contributed by atoms with Crippen LogP contribution in [0.25, 0.3) is 16.8 Å². The van der Waals surface area contributed by atoms with Gasteiger partial charge < -0.3 is 14.8 Å². The molecule has 0 bridgehead atoms. The number of halogens is 3. The number of hydrogen-bond donors (Lipinski definition) is 1. The Morgan fingerprint density at radius 3 is 2.84 bits per heavy atom. The summed E-state index contributed by atoms with van der Waals surface area (Å²) in [6.07, 6.45) is 3.38. The lowest BCUT2D eigenvalue weighted by Crippen LogP contribution is -2.14. The summed E-state index contributed by atoms with van der Waals surface area (Å²) in [4.78, 5) is 16.9. The van der Waals surface area contributed by atoms with Gasteiger partial charge >= 0.3 is 6.18 Å². The van der Waals surface area contributed by atoms with Gasteiger partial charge in [0.15, 0.2) is 0 Å². The average Bonchev–Trinajstić information content (AvgIpc) is 3.61. The van der Waals surface area contributed by atoms with Crippen LogP contribution in [0.5, 0.6) is 5.75 Å². The van der Waals surface area contributed by atoms with Gasteiger partial charge in [-0.2, -0.15) is 18.3 Å². The number of carbonyl (C=O) groups excluding carboxylic acids is 1. The van der Waals surface area contributed by atoms with Gasteiger partial charge in [-0.05, 0) is 55.3 Å². The van der Waals surface area contributed by atoms with Crippen molar-refractivity contribution in [3.05, 3.63) is 90.0 Å². The molecule has 1 aliphatic rings. The van der Waals surface area contributed by atoms with Gasteiger partial charge in [0.05, 0.1) is 30.7 Å². The van der Waals surface area contributed by atoms with E-state index in [1.54, 1.807) is 41.5 Å². The first kappa shape index (κ1) is 25.5. The largest absolute Gasteiger partial charge is 0.492 e. The van der Waals surface area contributed by atoms with Crippen LogP contribution in [0.2, 0.25) is 0 Å². The zero-order valence-corrected chi connectivity index (χ0v) is 20.5. The highest BCUT2D eigenvalue weighted by Gasteiger charge is 2.31. The van der Waals surface area contributed by atoms with E-state index in [-0.39, 0.29) is 5.56 Å². The fraction of sp³-hybridized carbons (Fsp3) is 0.250. The van der Waals surface area contributed by atoms with E-state index in [1.807, 2.05) is 19.2 Å². The summed E-state index contributed by atoms with van der Waals surface area (Å²) in [5, 5.41) is 7.17. The molecular formula is C28H25F3N4O3. The Labute approximate surface area is 217 Å². The summed E-state index contributed by atoms with van der Waals surface area (Å²) in [5.74, 6) is 0.414. The summed E-state index contributed by atoms with van der Waals surface area (Å²) in [6.45, 7) is 3.90. The van der Waals surface area contributed by atoms with E-state index in [4.69, 9.17) is 9.47 Å². The first-order valence-corrected chi connectivity index (χ1v) is 12.1. The lowest BCUT2D eigenvalue weighted by Gasteiger charge is -2.13. The number of carbonyl (C=O) groups is 1. The predicted octanol–water partition coefficient (Wildman–Crippen LogP) is 5.93. The molecule has 2 aromatic carbocycles. The third-order valence-corrected chi connectivity index (χ3v) is 6.34. The van der Waals surface area contributed by atoms with Gasteiger partial charge in [-0.1, -0.05) is 12.1 Å². The SMILES string of the molecule is Cc1ccc(NC(=O)c2cccc(C(F)(F)F)c2)cc1-n1cc(-c2cnccc2OCC2CCOC2)cn1. The van der Waals surface area contributed by atoms with Gasteiger partial charge in [-0.3, -0.25) is 9.78 Å². The van der Waals surface area contributed by atoms with Gasteiger partial charge in [0, 0.05) is 53.5 Å². The number of benzene rings is 2. The minimum Gasteiger partial charge on any atom is -0.492 e. The minimum absolute atomic E-state index is 0.0865. The normalized spacial score (nSPS) is 15.4. The van der Waals surface area contributed by atoms with Gasteiger partial charge in [-0.15, -0.1) is 0 Å². The number of pyridine rings is 1. The van der Waals surface area contributed by atoms with Crippen molar-refractivity contribution < 1.29 is 27.4 Å². The standard InChI is InChI=1S/C28H25F3N4O3/c1-18-5-6-23(34-27(36)20-3-2-4-22(11-20)28(29,30)31)12-25(18)35-15-21(13-33-35)24-14-32-9-7-26(24)38-17-19-8-10-37-16-19/h2-7,9,11-15,19H,8,10,16-17H2,1H3,(H,34,36). The zero-order chi connectivity index (χ0) is 26.7. The summed E-state index contributed by atoms with van der Waals surface area (Å²) < 4.78 is 52.3. The van der Waals surface area contributed by atoms with Crippen molar-refractivity contribution >= 4 is 11.6 Å². The van der Waals surface area contributed by atoms with Crippen LogP contribution in [-0.2, 0) is 10.9 Å². The minimum atomic E-state index is -4.53. The monoisotopic (exact) mass is 522 g/mol. The fourth-order valence-corrected chi connectivity index (χ4v) is 4.21. The maximum absolute atomic E-state index is 13.0. The lowest BCUT2D eigenvalue weighted by atomic mass is 10.1. The van der Waals surface area contributed by atoms with E-state index < -0.39 is 17.6 Å². The number of nitrogens with one attached hydrogen (secondary N) is 1. The van der Waals surface area contributed by atoms with Crippen LogP contribution in [0.3, 0.4) is 0 Å². The van der Waals surface area contributed by atoms with Crippen molar-refractivity contribution in [2.45, 2.75) is 19.5 Å². The van der Waals surface area contributed by atoms with Gasteiger partial charge in [0.1, 0.15) is 5.75 Å². The molecule has 1 N–H and O–H groups in total. The molecule has 0 radical (unpaired) electrons. The highest BCUT2D eigenvalue weighted by molar-refractivity contribution is 6.04. The van der Waals surface area contributed by atoms with Crippen molar-refractivity contribution in [2.24, 2.45) is 5.92 Å². The van der Waals surface area contributed by atoms with E-state index in [0.29, 0.717) is 36.3 Å². The molecule has 0 aliphatic carbocycles. The van der Waals surface area contributed by atoms with Gasteiger partial charge in [0.2, 0.25) is 0 Å². The highest BCUT2D eigenvalue weighted by Crippen LogP contribution is 2.32. The Morgan fingerprint density at radius 2 is 2.05 bits per heavy atom. The Kier molecular flexibility index (Phi) is 7.15. The number of rotatable bonds is 7.